The van der Waals surface area contributed by atoms with Gasteiger partial charge in [0.2, 0.25) is 5.91 Å². The number of nitrogens with one attached hydrogen (secondary N) is 2. The van der Waals surface area contributed by atoms with Crippen LogP contribution in [0.5, 0.6) is 0 Å². The van der Waals surface area contributed by atoms with Crippen molar-refractivity contribution < 1.29 is 4.79 Å². The van der Waals surface area contributed by atoms with Gasteiger partial charge in [-0.15, -0.1) is 0 Å². The molecule has 2 N–H and O–H groups in total. The van der Waals surface area contributed by atoms with Crippen molar-refractivity contribution in [1.29, 1.82) is 0 Å². The molecule has 0 bridgehead atoms. The number of hydrogen-bond acceptors (Lipinski definition) is 8. The van der Waals surface area contributed by atoms with Gasteiger partial charge in [-0.25, -0.2) is 24.4 Å². The molecule has 3 aromatic heterocycles. The summed E-state index contributed by atoms with van der Waals surface area (Å²) in [5.74, 6) is 1.11. The quantitative estimate of drug-likeness (QED) is 0.588. The van der Waals surface area contributed by atoms with Gasteiger partial charge in [-0.1, -0.05) is 0 Å². The molecule has 1 fully saturated rings. The SMILES string of the molecule is Cn1c(NC(=O)C2CCN(c3cc(-n4cncn4)ncn3)CC2)cc(=O)[nH]c1=O. The summed E-state index contributed by atoms with van der Waals surface area (Å²) in [5.41, 5.74) is -1.13. The van der Waals surface area contributed by atoms with Crippen LogP contribution >= 0.6 is 0 Å². The maximum atomic E-state index is 12.6. The van der Waals surface area contributed by atoms with Crippen LogP contribution in [0.3, 0.4) is 0 Å². The summed E-state index contributed by atoms with van der Waals surface area (Å²) in [5, 5.41) is 6.75. The smallest absolute Gasteiger partial charge is 0.329 e. The number of amides is 1. The number of aromatic nitrogens is 7. The zero-order chi connectivity index (χ0) is 20.4. The molecular formula is C17H19N9O3. The van der Waals surface area contributed by atoms with Crippen LogP contribution in [0.2, 0.25) is 0 Å². The van der Waals surface area contributed by atoms with Crippen molar-refractivity contribution in [2.75, 3.05) is 23.3 Å². The molecule has 0 aromatic carbocycles. The fourth-order valence-electron chi connectivity index (χ4n) is 3.24. The number of carbonyl (C=O) groups excluding carboxylic acids is 1. The molecular weight excluding hydrogens is 378 g/mol. The molecule has 0 radical (unpaired) electrons. The van der Waals surface area contributed by atoms with Crippen LogP contribution in [0.25, 0.3) is 5.82 Å². The van der Waals surface area contributed by atoms with Gasteiger partial charge in [-0.05, 0) is 12.8 Å². The maximum absolute atomic E-state index is 12.6. The van der Waals surface area contributed by atoms with E-state index >= 15 is 0 Å². The average Bonchev–Trinajstić information content (AvgIpc) is 3.27. The van der Waals surface area contributed by atoms with Crippen molar-refractivity contribution in [3.63, 3.8) is 0 Å². The third kappa shape index (κ3) is 3.90. The molecule has 150 valence electrons. The molecule has 1 amide bonds. The maximum Gasteiger partial charge on any atom is 0.329 e. The number of rotatable bonds is 4. The standard InChI is InChI=1S/C17H19N9O3/c1-24-14(7-15(27)23-17(24)29)22-16(28)11-2-4-25(5-3-11)12-6-13(20-9-19-12)26-10-18-8-21-26/h6-11H,2-5H2,1H3,(H,22,28)(H,23,27,29). The van der Waals surface area contributed by atoms with E-state index in [9.17, 15) is 14.4 Å². The van der Waals surface area contributed by atoms with Crippen molar-refractivity contribution in [3.05, 3.63) is 52.0 Å². The van der Waals surface area contributed by atoms with Crippen LogP contribution in [0.15, 0.2) is 40.7 Å². The van der Waals surface area contributed by atoms with Crippen LogP contribution in [0, 0.1) is 5.92 Å². The van der Waals surface area contributed by atoms with Gasteiger partial charge in [0.1, 0.15) is 30.6 Å². The summed E-state index contributed by atoms with van der Waals surface area (Å²) < 4.78 is 2.75. The highest BCUT2D eigenvalue weighted by molar-refractivity contribution is 5.91. The van der Waals surface area contributed by atoms with Crippen LogP contribution < -0.4 is 21.5 Å². The molecule has 0 unspecified atom stereocenters. The van der Waals surface area contributed by atoms with Crippen molar-refractivity contribution in [2.45, 2.75) is 12.8 Å². The third-order valence-corrected chi connectivity index (χ3v) is 4.90. The van der Waals surface area contributed by atoms with Gasteiger partial charge in [0.15, 0.2) is 5.82 Å². The van der Waals surface area contributed by atoms with Gasteiger partial charge in [-0.2, -0.15) is 5.10 Å². The Labute approximate surface area is 164 Å². The largest absolute Gasteiger partial charge is 0.356 e. The second kappa shape index (κ2) is 7.66. The summed E-state index contributed by atoms with van der Waals surface area (Å²) in [6.07, 6.45) is 5.70. The highest BCUT2D eigenvalue weighted by atomic mass is 16.2. The zero-order valence-corrected chi connectivity index (χ0v) is 15.6. The molecule has 4 heterocycles. The molecule has 1 aliphatic rings. The van der Waals surface area contributed by atoms with Crippen molar-refractivity contribution >= 4 is 17.5 Å². The lowest BCUT2D eigenvalue weighted by Crippen LogP contribution is -2.39. The van der Waals surface area contributed by atoms with Gasteiger partial charge in [-0.3, -0.25) is 19.1 Å². The fourth-order valence-corrected chi connectivity index (χ4v) is 3.24. The zero-order valence-electron chi connectivity index (χ0n) is 15.6. The minimum atomic E-state index is -0.574. The molecule has 0 saturated carbocycles. The topological polar surface area (TPSA) is 144 Å². The summed E-state index contributed by atoms with van der Waals surface area (Å²) >= 11 is 0. The normalized spacial score (nSPS) is 14.7. The van der Waals surface area contributed by atoms with E-state index in [1.54, 1.807) is 11.0 Å². The highest BCUT2D eigenvalue weighted by Gasteiger charge is 2.26. The Morgan fingerprint density at radius 2 is 1.90 bits per heavy atom. The van der Waals surface area contributed by atoms with E-state index < -0.39 is 11.2 Å². The number of aromatic amines is 1. The predicted octanol–water partition coefficient (Wildman–Crippen LogP) is -0.701. The van der Waals surface area contributed by atoms with E-state index in [0.717, 1.165) is 5.82 Å². The number of anilines is 2. The summed E-state index contributed by atoms with van der Waals surface area (Å²) in [6.45, 7) is 1.28. The summed E-state index contributed by atoms with van der Waals surface area (Å²) in [4.78, 5) is 52.4. The summed E-state index contributed by atoms with van der Waals surface area (Å²) in [6, 6.07) is 3.02. The Morgan fingerprint density at radius 1 is 1.14 bits per heavy atom. The molecule has 1 aliphatic heterocycles. The predicted molar refractivity (Wildman–Crippen MR) is 103 cm³/mol. The lowest BCUT2D eigenvalue weighted by atomic mass is 9.96. The van der Waals surface area contributed by atoms with E-state index in [-0.39, 0.29) is 17.6 Å². The van der Waals surface area contributed by atoms with E-state index in [1.807, 2.05) is 6.07 Å². The molecule has 1 saturated heterocycles. The Hall–Kier alpha value is -3.83. The molecule has 4 rings (SSSR count). The molecule has 12 heteroatoms. The molecule has 0 spiro atoms. The second-order valence-corrected chi connectivity index (χ2v) is 6.71. The van der Waals surface area contributed by atoms with E-state index in [4.69, 9.17) is 0 Å². The van der Waals surface area contributed by atoms with Crippen LogP contribution in [0.4, 0.5) is 11.6 Å². The molecule has 3 aromatic rings. The van der Waals surface area contributed by atoms with Gasteiger partial charge in [0.05, 0.1) is 0 Å². The fraction of sp³-hybridized carbons (Fsp3) is 0.353. The molecule has 0 aliphatic carbocycles. The minimum Gasteiger partial charge on any atom is -0.356 e. The first-order valence-corrected chi connectivity index (χ1v) is 9.04. The Balaban J connectivity index is 1.41. The number of H-pyrrole nitrogens is 1. The summed E-state index contributed by atoms with van der Waals surface area (Å²) in [7, 11) is 1.48. The molecule has 29 heavy (non-hydrogen) atoms. The van der Waals surface area contributed by atoms with Gasteiger partial charge >= 0.3 is 5.69 Å². The van der Waals surface area contributed by atoms with Gasteiger partial charge in [0, 0.05) is 38.2 Å². The van der Waals surface area contributed by atoms with Crippen molar-refractivity contribution in [1.82, 2.24) is 34.3 Å². The van der Waals surface area contributed by atoms with Crippen LogP contribution in [0.1, 0.15) is 12.8 Å². The van der Waals surface area contributed by atoms with E-state index in [1.165, 1.54) is 30.3 Å². The molecule has 12 nitrogen and oxygen atoms in total. The minimum absolute atomic E-state index is 0.180. The number of hydrogen-bond donors (Lipinski definition) is 2. The number of piperidine rings is 1. The van der Waals surface area contributed by atoms with Crippen molar-refractivity contribution in [2.24, 2.45) is 13.0 Å². The average molecular weight is 397 g/mol. The highest BCUT2D eigenvalue weighted by Crippen LogP contribution is 2.23. The van der Waals surface area contributed by atoms with Crippen LogP contribution in [-0.4, -0.2) is 53.3 Å². The van der Waals surface area contributed by atoms with Crippen LogP contribution in [-0.2, 0) is 11.8 Å². The Morgan fingerprint density at radius 3 is 2.62 bits per heavy atom. The second-order valence-electron chi connectivity index (χ2n) is 6.71. The lowest BCUT2D eigenvalue weighted by Gasteiger charge is -2.32. The van der Waals surface area contributed by atoms with Gasteiger partial charge < -0.3 is 10.2 Å². The van der Waals surface area contributed by atoms with Gasteiger partial charge in [0.25, 0.3) is 5.56 Å². The third-order valence-electron chi connectivity index (χ3n) is 4.90. The van der Waals surface area contributed by atoms with Crippen molar-refractivity contribution in [3.8, 4) is 5.82 Å². The number of nitrogens with zero attached hydrogens (tertiary/aromatic N) is 7. The molecule has 0 atom stereocenters. The Bertz CT molecular complexity index is 1130. The monoisotopic (exact) mass is 397 g/mol. The lowest BCUT2D eigenvalue weighted by molar-refractivity contribution is -0.120. The Kier molecular flexibility index (Phi) is 4.89. The first-order chi connectivity index (χ1) is 14.0. The first kappa shape index (κ1) is 18.5. The first-order valence-electron chi connectivity index (χ1n) is 9.04. The van der Waals surface area contributed by atoms with E-state index in [2.05, 4.69) is 35.3 Å². The van der Waals surface area contributed by atoms with E-state index in [0.29, 0.717) is 31.7 Å². The number of carbonyl (C=O) groups is 1.